The van der Waals surface area contributed by atoms with Crippen molar-refractivity contribution >= 4 is 22.9 Å². The van der Waals surface area contributed by atoms with Gasteiger partial charge in [-0.2, -0.15) is 5.10 Å². The topological polar surface area (TPSA) is 68.8 Å². The van der Waals surface area contributed by atoms with E-state index in [4.69, 9.17) is 18.0 Å². The van der Waals surface area contributed by atoms with Crippen molar-refractivity contribution in [3.63, 3.8) is 0 Å². The molecule has 2 aromatic heterocycles. The van der Waals surface area contributed by atoms with Gasteiger partial charge in [-0.3, -0.25) is 9.67 Å². The Hall–Kier alpha value is -1.95. The first-order valence-electron chi connectivity index (χ1n) is 5.63. The number of anilines is 1. The Kier molecular flexibility index (Phi) is 3.88. The molecule has 0 saturated carbocycles. The number of nitrogens with two attached hydrogens (primary N) is 1. The third-order valence-electron chi connectivity index (χ3n) is 2.55. The molecule has 0 bridgehead atoms. The van der Waals surface area contributed by atoms with Crippen LogP contribution >= 0.6 is 12.2 Å². The highest BCUT2D eigenvalue weighted by atomic mass is 32.1. The van der Waals surface area contributed by atoms with Gasteiger partial charge in [-0.05, 0) is 12.1 Å². The Morgan fingerprint density at radius 3 is 3.00 bits per heavy atom. The Labute approximate surface area is 111 Å². The van der Waals surface area contributed by atoms with Crippen LogP contribution < -0.4 is 11.1 Å². The van der Waals surface area contributed by atoms with E-state index in [0.29, 0.717) is 4.99 Å². The number of rotatable bonds is 5. The molecule has 2 rings (SSSR count). The third kappa shape index (κ3) is 3.04. The number of hydrogen-bond donors (Lipinski definition) is 2. The predicted molar refractivity (Wildman–Crippen MR) is 75.5 cm³/mol. The Balaban J connectivity index is 1.96. The van der Waals surface area contributed by atoms with Crippen molar-refractivity contribution in [1.82, 2.24) is 14.8 Å². The first-order valence-corrected chi connectivity index (χ1v) is 6.04. The summed E-state index contributed by atoms with van der Waals surface area (Å²) in [6, 6.07) is 3.81. The van der Waals surface area contributed by atoms with E-state index in [0.717, 1.165) is 29.9 Å². The number of nitrogens with zero attached hydrogens (tertiary/aromatic N) is 3. The smallest absolute Gasteiger partial charge is 0.106 e. The van der Waals surface area contributed by atoms with Gasteiger partial charge in [0.2, 0.25) is 0 Å². The van der Waals surface area contributed by atoms with Crippen molar-refractivity contribution in [2.75, 3.05) is 11.9 Å². The molecule has 0 amide bonds. The van der Waals surface area contributed by atoms with Gasteiger partial charge in [0.1, 0.15) is 4.99 Å². The van der Waals surface area contributed by atoms with Crippen LogP contribution in [0.5, 0.6) is 0 Å². The summed E-state index contributed by atoms with van der Waals surface area (Å²) < 4.78 is 1.79. The monoisotopic (exact) mass is 261 g/mol. The molecule has 6 heteroatoms. The van der Waals surface area contributed by atoms with E-state index in [1.54, 1.807) is 17.1 Å². The van der Waals surface area contributed by atoms with E-state index >= 15 is 0 Å². The van der Waals surface area contributed by atoms with Crippen molar-refractivity contribution in [3.05, 3.63) is 42.0 Å². The summed E-state index contributed by atoms with van der Waals surface area (Å²) >= 11 is 4.99. The Bertz CT molecular complexity index is 549. The molecule has 0 unspecified atom stereocenters. The SMILES string of the molecule is Cn1ccc(CCNc2cnccc2C(N)=S)n1. The van der Waals surface area contributed by atoms with Gasteiger partial charge >= 0.3 is 0 Å². The molecule has 5 nitrogen and oxygen atoms in total. The summed E-state index contributed by atoms with van der Waals surface area (Å²) in [5.41, 5.74) is 8.38. The zero-order valence-electron chi connectivity index (χ0n) is 10.1. The Morgan fingerprint density at radius 1 is 1.50 bits per heavy atom. The molecule has 0 aliphatic carbocycles. The number of nitrogens with one attached hydrogen (secondary N) is 1. The van der Waals surface area contributed by atoms with E-state index in [-0.39, 0.29) is 0 Å². The van der Waals surface area contributed by atoms with Gasteiger partial charge in [0, 0.05) is 38.0 Å². The standard InChI is InChI=1S/C12H15N5S/c1-17-7-4-9(16-17)2-6-15-11-8-14-5-3-10(11)12(13)18/h3-5,7-8,15H,2,6H2,1H3,(H2,13,18). The van der Waals surface area contributed by atoms with Crippen LogP contribution in [-0.4, -0.2) is 26.3 Å². The highest BCUT2D eigenvalue weighted by Crippen LogP contribution is 2.12. The predicted octanol–water partition coefficient (Wildman–Crippen LogP) is 1.10. The second-order valence-electron chi connectivity index (χ2n) is 3.94. The summed E-state index contributed by atoms with van der Waals surface area (Å²) in [6.45, 7) is 0.762. The molecule has 0 radical (unpaired) electrons. The molecule has 18 heavy (non-hydrogen) atoms. The number of thiocarbonyl (C=S) groups is 1. The molecule has 0 saturated heterocycles. The molecule has 2 aromatic rings. The fourth-order valence-corrected chi connectivity index (χ4v) is 1.85. The molecule has 0 atom stereocenters. The lowest BCUT2D eigenvalue weighted by molar-refractivity contribution is 0.742. The zero-order valence-corrected chi connectivity index (χ0v) is 10.9. The summed E-state index contributed by atoms with van der Waals surface area (Å²) in [7, 11) is 1.91. The highest BCUT2D eigenvalue weighted by molar-refractivity contribution is 7.80. The van der Waals surface area contributed by atoms with E-state index in [9.17, 15) is 0 Å². The first-order chi connectivity index (χ1) is 8.66. The molecule has 0 aliphatic heterocycles. The maximum atomic E-state index is 5.65. The maximum Gasteiger partial charge on any atom is 0.106 e. The molecular weight excluding hydrogens is 246 g/mol. The van der Waals surface area contributed by atoms with Crippen molar-refractivity contribution in [2.24, 2.45) is 12.8 Å². The summed E-state index contributed by atoms with van der Waals surface area (Å²) in [6.07, 6.45) is 6.18. The van der Waals surface area contributed by atoms with Crippen LogP contribution in [0.15, 0.2) is 30.7 Å². The van der Waals surface area contributed by atoms with E-state index in [1.807, 2.05) is 25.4 Å². The largest absolute Gasteiger partial charge is 0.389 e. The Morgan fingerprint density at radius 2 is 2.33 bits per heavy atom. The fraction of sp³-hybridized carbons (Fsp3) is 0.250. The average molecular weight is 261 g/mol. The third-order valence-corrected chi connectivity index (χ3v) is 2.77. The second-order valence-corrected chi connectivity index (χ2v) is 4.38. The van der Waals surface area contributed by atoms with Crippen LogP contribution in [0.2, 0.25) is 0 Å². The molecule has 94 valence electrons. The van der Waals surface area contributed by atoms with Gasteiger partial charge in [-0.1, -0.05) is 12.2 Å². The zero-order chi connectivity index (χ0) is 13.0. The lowest BCUT2D eigenvalue weighted by atomic mass is 10.2. The first kappa shape index (κ1) is 12.5. The molecular formula is C12H15N5S. The van der Waals surface area contributed by atoms with Crippen LogP contribution in [0, 0.1) is 0 Å². The van der Waals surface area contributed by atoms with E-state index in [2.05, 4.69) is 15.4 Å². The molecule has 0 aromatic carbocycles. The van der Waals surface area contributed by atoms with Gasteiger partial charge in [0.05, 0.1) is 17.6 Å². The maximum absolute atomic E-state index is 5.65. The quantitative estimate of drug-likeness (QED) is 0.789. The van der Waals surface area contributed by atoms with E-state index in [1.165, 1.54) is 0 Å². The second kappa shape index (κ2) is 5.59. The van der Waals surface area contributed by atoms with Crippen molar-refractivity contribution < 1.29 is 0 Å². The molecule has 0 spiro atoms. The number of hydrogen-bond acceptors (Lipinski definition) is 4. The van der Waals surface area contributed by atoms with Crippen LogP contribution in [0.25, 0.3) is 0 Å². The van der Waals surface area contributed by atoms with Gasteiger partial charge < -0.3 is 11.1 Å². The molecule has 0 aliphatic rings. The summed E-state index contributed by atoms with van der Waals surface area (Å²) in [5.74, 6) is 0. The van der Waals surface area contributed by atoms with Crippen LogP contribution in [0.3, 0.4) is 0 Å². The van der Waals surface area contributed by atoms with Crippen LogP contribution in [0.1, 0.15) is 11.3 Å². The minimum absolute atomic E-state index is 0.373. The lowest BCUT2D eigenvalue weighted by Gasteiger charge is -2.09. The highest BCUT2D eigenvalue weighted by Gasteiger charge is 2.04. The van der Waals surface area contributed by atoms with Crippen molar-refractivity contribution in [2.45, 2.75) is 6.42 Å². The minimum Gasteiger partial charge on any atom is -0.389 e. The normalized spacial score (nSPS) is 10.3. The summed E-state index contributed by atoms with van der Waals surface area (Å²) in [4.78, 5) is 4.43. The summed E-state index contributed by atoms with van der Waals surface area (Å²) in [5, 5.41) is 7.58. The number of pyridine rings is 1. The number of aromatic nitrogens is 3. The van der Waals surface area contributed by atoms with E-state index < -0.39 is 0 Å². The molecule has 2 heterocycles. The lowest BCUT2D eigenvalue weighted by Crippen LogP contribution is -2.14. The van der Waals surface area contributed by atoms with Gasteiger partial charge in [-0.25, -0.2) is 0 Å². The van der Waals surface area contributed by atoms with Crippen LogP contribution in [0.4, 0.5) is 5.69 Å². The molecule has 3 N–H and O–H groups in total. The van der Waals surface area contributed by atoms with Gasteiger partial charge in [-0.15, -0.1) is 0 Å². The van der Waals surface area contributed by atoms with Crippen molar-refractivity contribution in [3.8, 4) is 0 Å². The van der Waals surface area contributed by atoms with Gasteiger partial charge in [0.25, 0.3) is 0 Å². The fourth-order valence-electron chi connectivity index (χ4n) is 1.67. The minimum atomic E-state index is 0.373. The molecule has 0 fully saturated rings. The average Bonchev–Trinajstić information content (AvgIpc) is 2.75. The van der Waals surface area contributed by atoms with Gasteiger partial charge in [0.15, 0.2) is 0 Å². The van der Waals surface area contributed by atoms with Crippen LogP contribution in [-0.2, 0) is 13.5 Å². The van der Waals surface area contributed by atoms with Crippen molar-refractivity contribution in [1.29, 1.82) is 0 Å². The number of aryl methyl sites for hydroxylation is 1.